The molecule has 0 aliphatic heterocycles. The summed E-state index contributed by atoms with van der Waals surface area (Å²) < 4.78 is 2.01. The summed E-state index contributed by atoms with van der Waals surface area (Å²) in [6, 6.07) is 10.6. The number of hydrogen-bond acceptors (Lipinski definition) is 1. The quantitative estimate of drug-likeness (QED) is 0.761. The zero-order valence-electron chi connectivity index (χ0n) is 11.8. The second-order valence-corrected chi connectivity index (χ2v) is 5.95. The fourth-order valence-electron chi connectivity index (χ4n) is 2.97. The summed E-state index contributed by atoms with van der Waals surface area (Å²) in [5.41, 5.74) is 3.94. The number of hydrogen-bond donors (Lipinski definition) is 0. The van der Waals surface area contributed by atoms with Crippen LogP contribution in [0.2, 0.25) is 5.15 Å². The highest BCUT2D eigenvalue weighted by Crippen LogP contribution is 2.27. The zero-order valence-corrected chi connectivity index (χ0v) is 12.6. The van der Waals surface area contributed by atoms with Gasteiger partial charge < -0.3 is 0 Å². The lowest BCUT2D eigenvalue weighted by Crippen LogP contribution is -2.03. The molecule has 1 aromatic carbocycles. The van der Waals surface area contributed by atoms with E-state index < -0.39 is 0 Å². The van der Waals surface area contributed by atoms with Gasteiger partial charge in [0.2, 0.25) is 0 Å². The Morgan fingerprint density at radius 3 is 2.70 bits per heavy atom. The average molecular weight is 289 g/mol. The van der Waals surface area contributed by atoms with Crippen molar-refractivity contribution in [3.8, 4) is 0 Å². The van der Waals surface area contributed by atoms with Crippen LogP contribution >= 0.6 is 11.6 Å². The van der Waals surface area contributed by atoms with Crippen molar-refractivity contribution in [3.63, 3.8) is 0 Å². The van der Waals surface area contributed by atoms with E-state index in [1.165, 1.54) is 36.1 Å². The molecule has 2 aromatic rings. The molecule has 3 rings (SSSR count). The zero-order chi connectivity index (χ0) is 13.8. The summed E-state index contributed by atoms with van der Waals surface area (Å²) in [5.74, 6) is 0. The topological polar surface area (TPSA) is 17.8 Å². The first-order chi connectivity index (χ1) is 9.84. The van der Waals surface area contributed by atoms with Gasteiger partial charge in [0, 0.05) is 12.1 Å². The Balaban J connectivity index is 1.63. The van der Waals surface area contributed by atoms with Crippen molar-refractivity contribution in [2.45, 2.75) is 51.5 Å². The summed E-state index contributed by atoms with van der Waals surface area (Å²) in [7, 11) is 0. The molecule has 106 valence electrons. The fraction of sp³-hybridized carbons (Fsp3) is 0.471. The second-order valence-electron chi connectivity index (χ2n) is 5.59. The first-order valence-corrected chi connectivity index (χ1v) is 8.00. The maximum atomic E-state index is 6.50. The number of halogens is 1. The molecule has 2 nitrogen and oxygen atoms in total. The van der Waals surface area contributed by atoms with Gasteiger partial charge in [-0.1, -0.05) is 48.4 Å². The van der Waals surface area contributed by atoms with E-state index in [0.717, 1.165) is 37.4 Å². The number of fused-ring (bicyclic) bond motifs is 1. The summed E-state index contributed by atoms with van der Waals surface area (Å²) in [6.45, 7) is 0.917. The first kappa shape index (κ1) is 13.7. The van der Waals surface area contributed by atoms with Crippen LogP contribution in [0.1, 0.15) is 42.5 Å². The van der Waals surface area contributed by atoms with Crippen LogP contribution in [0.3, 0.4) is 0 Å². The van der Waals surface area contributed by atoms with Crippen LogP contribution in [0.4, 0.5) is 0 Å². The van der Waals surface area contributed by atoms with Gasteiger partial charge in [0.15, 0.2) is 0 Å². The van der Waals surface area contributed by atoms with Crippen molar-refractivity contribution >= 4 is 11.6 Å². The Kier molecular flexibility index (Phi) is 4.41. The van der Waals surface area contributed by atoms with E-state index in [-0.39, 0.29) is 0 Å². The Bertz CT molecular complexity index is 560. The lowest BCUT2D eigenvalue weighted by Gasteiger charge is -2.04. The van der Waals surface area contributed by atoms with Crippen molar-refractivity contribution in [1.82, 2.24) is 9.78 Å². The number of aryl methyl sites for hydroxylation is 3. The molecular weight excluding hydrogens is 268 g/mol. The van der Waals surface area contributed by atoms with Crippen LogP contribution in [0.5, 0.6) is 0 Å². The number of nitrogens with zero attached hydrogens (tertiary/aromatic N) is 2. The van der Waals surface area contributed by atoms with Crippen molar-refractivity contribution in [1.29, 1.82) is 0 Å². The minimum absolute atomic E-state index is 0.884. The van der Waals surface area contributed by atoms with Crippen molar-refractivity contribution in [2.75, 3.05) is 0 Å². The third-order valence-corrected chi connectivity index (χ3v) is 4.51. The maximum Gasteiger partial charge on any atom is 0.130 e. The van der Waals surface area contributed by atoms with E-state index in [0.29, 0.717) is 0 Å². The van der Waals surface area contributed by atoms with Crippen molar-refractivity contribution < 1.29 is 0 Å². The van der Waals surface area contributed by atoms with E-state index in [4.69, 9.17) is 16.7 Å². The third-order valence-electron chi connectivity index (χ3n) is 4.08. The molecule has 0 radical (unpaired) electrons. The van der Waals surface area contributed by atoms with Gasteiger partial charge in [0.1, 0.15) is 5.15 Å². The largest absolute Gasteiger partial charge is 0.253 e. The number of benzene rings is 1. The van der Waals surface area contributed by atoms with Crippen molar-refractivity contribution in [2.24, 2.45) is 0 Å². The first-order valence-electron chi connectivity index (χ1n) is 7.62. The standard InChI is InChI=1S/C17H21ClN2/c18-17-15-11-5-2-6-12-16(15)19-20(17)13-7-10-14-8-3-1-4-9-14/h1,3-4,8-9H,2,5-7,10-13H2. The number of rotatable bonds is 4. The van der Waals surface area contributed by atoms with E-state index in [9.17, 15) is 0 Å². The minimum Gasteiger partial charge on any atom is -0.253 e. The Labute approximate surface area is 125 Å². The van der Waals surface area contributed by atoms with Crippen LogP contribution in [0.15, 0.2) is 30.3 Å². The van der Waals surface area contributed by atoms with E-state index >= 15 is 0 Å². The number of aromatic nitrogens is 2. The molecule has 0 atom stereocenters. The van der Waals surface area contributed by atoms with Gasteiger partial charge in [-0.3, -0.25) is 4.68 Å². The Morgan fingerprint density at radius 1 is 1.05 bits per heavy atom. The summed E-state index contributed by atoms with van der Waals surface area (Å²) in [4.78, 5) is 0. The Morgan fingerprint density at radius 2 is 1.85 bits per heavy atom. The third kappa shape index (κ3) is 3.06. The molecule has 0 spiro atoms. The molecule has 0 saturated carbocycles. The molecule has 1 aliphatic carbocycles. The summed E-state index contributed by atoms with van der Waals surface area (Å²) in [5, 5.41) is 5.61. The van der Waals surface area contributed by atoms with E-state index in [2.05, 4.69) is 30.3 Å². The van der Waals surface area contributed by atoms with Gasteiger partial charge in [-0.25, -0.2) is 0 Å². The fourth-order valence-corrected chi connectivity index (χ4v) is 3.30. The molecule has 1 aromatic heterocycles. The van der Waals surface area contributed by atoms with Gasteiger partial charge in [-0.15, -0.1) is 0 Å². The summed E-state index contributed by atoms with van der Waals surface area (Å²) in [6.07, 6.45) is 8.19. The molecule has 1 aliphatic rings. The molecular formula is C17H21ClN2. The molecule has 20 heavy (non-hydrogen) atoms. The normalized spacial score (nSPS) is 14.8. The van der Waals surface area contributed by atoms with Gasteiger partial charge in [-0.05, 0) is 44.1 Å². The summed E-state index contributed by atoms with van der Waals surface area (Å²) >= 11 is 6.50. The Hall–Kier alpha value is -1.28. The predicted octanol–water partition coefficient (Wildman–Crippen LogP) is 4.44. The predicted molar refractivity (Wildman–Crippen MR) is 83.3 cm³/mol. The van der Waals surface area contributed by atoms with Gasteiger partial charge in [-0.2, -0.15) is 5.10 Å². The lowest BCUT2D eigenvalue weighted by molar-refractivity contribution is 0.567. The SMILES string of the molecule is Clc1c2c(nn1CCCc1ccccc1)CCCCC2. The minimum atomic E-state index is 0.884. The highest BCUT2D eigenvalue weighted by Gasteiger charge is 2.17. The van der Waals surface area contributed by atoms with Crippen molar-refractivity contribution in [3.05, 3.63) is 52.3 Å². The maximum absolute atomic E-state index is 6.50. The highest BCUT2D eigenvalue weighted by atomic mass is 35.5. The monoisotopic (exact) mass is 288 g/mol. The smallest absolute Gasteiger partial charge is 0.130 e. The van der Waals surface area contributed by atoms with Crippen LogP contribution in [-0.4, -0.2) is 9.78 Å². The second kappa shape index (κ2) is 6.45. The van der Waals surface area contributed by atoms with E-state index in [1.807, 2.05) is 4.68 Å². The highest BCUT2D eigenvalue weighted by molar-refractivity contribution is 6.30. The van der Waals surface area contributed by atoms with Crippen LogP contribution in [-0.2, 0) is 25.8 Å². The molecule has 0 saturated heterocycles. The van der Waals surface area contributed by atoms with Crippen LogP contribution in [0, 0.1) is 0 Å². The molecule has 1 heterocycles. The van der Waals surface area contributed by atoms with Crippen LogP contribution < -0.4 is 0 Å². The molecule has 0 fully saturated rings. The van der Waals surface area contributed by atoms with Gasteiger partial charge >= 0.3 is 0 Å². The van der Waals surface area contributed by atoms with Gasteiger partial charge in [0.25, 0.3) is 0 Å². The average Bonchev–Trinajstić information content (AvgIpc) is 2.66. The van der Waals surface area contributed by atoms with Gasteiger partial charge in [0.05, 0.1) is 5.69 Å². The molecule has 3 heteroatoms. The van der Waals surface area contributed by atoms with Crippen LogP contribution in [0.25, 0.3) is 0 Å². The van der Waals surface area contributed by atoms with E-state index in [1.54, 1.807) is 0 Å². The molecule has 0 N–H and O–H groups in total. The molecule has 0 amide bonds. The molecule has 0 unspecified atom stereocenters. The lowest BCUT2D eigenvalue weighted by atomic mass is 10.1. The molecule has 0 bridgehead atoms.